The molecule has 2 heteroatoms. The lowest BCUT2D eigenvalue weighted by atomic mass is 10.1. The van der Waals surface area contributed by atoms with E-state index in [1.54, 1.807) is 5.37 Å². The van der Waals surface area contributed by atoms with Crippen molar-refractivity contribution in [2.24, 2.45) is 0 Å². The Morgan fingerprint density at radius 3 is 3.00 bits per heavy atom. The molecule has 0 saturated carbocycles. The second kappa shape index (κ2) is 2.72. The number of nitrogens with one attached hydrogen (secondary N) is 1. The van der Waals surface area contributed by atoms with Crippen molar-refractivity contribution in [1.82, 2.24) is 4.98 Å². The molecular weight excluding hydrogens is 166 g/mol. The van der Waals surface area contributed by atoms with Crippen LogP contribution in [0.1, 0.15) is 11.1 Å². The maximum Gasteiger partial charge on any atom is 0.0460 e. The Bertz CT molecular complexity index is 428. The Hall–Kier alpha value is -1.15. The third-order valence-corrected chi connectivity index (χ3v) is 2.25. The summed E-state index contributed by atoms with van der Waals surface area (Å²) in [6.07, 6.45) is 1.94. The standard InChI is InChI=1S/C10H9NS/c1-7-2-3-10-9(4-7)8(6-12)5-11-10/h2-6,11H,1H3. The molecule has 0 aliphatic rings. The second-order valence-electron chi connectivity index (χ2n) is 2.91. The molecule has 0 unspecified atom stereocenters. The second-order valence-corrected chi connectivity index (χ2v) is 3.15. The summed E-state index contributed by atoms with van der Waals surface area (Å²) in [5.74, 6) is 0. The van der Waals surface area contributed by atoms with Gasteiger partial charge in [-0.3, -0.25) is 0 Å². The van der Waals surface area contributed by atoms with E-state index in [4.69, 9.17) is 12.2 Å². The zero-order valence-electron chi connectivity index (χ0n) is 6.79. The van der Waals surface area contributed by atoms with E-state index in [1.807, 2.05) is 6.20 Å². The molecule has 0 amide bonds. The summed E-state index contributed by atoms with van der Waals surface area (Å²) in [5.41, 5.74) is 3.51. The highest BCUT2D eigenvalue weighted by Crippen LogP contribution is 2.17. The fourth-order valence-corrected chi connectivity index (χ4v) is 1.55. The minimum atomic E-state index is 1.10. The molecule has 1 heterocycles. The number of aryl methyl sites for hydroxylation is 1. The maximum absolute atomic E-state index is 4.90. The van der Waals surface area contributed by atoms with Crippen LogP contribution in [0.3, 0.4) is 0 Å². The van der Waals surface area contributed by atoms with Crippen molar-refractivity contribution in [3.63, 3.8) is 0 Å². The maximum atomic E-state index is 4.90. The first-order chi connectivity index (χ1) is 5.81. The molecule has 2 rings (SSSR count). The lowest BCUT2D eigenvalue weighted by Gasteiger charge is -1.93. The van der Waals surface area contributed by atoms with E-state index in [2.05, 4.69) is 30.1 Å². The SMILES string of the molecule is Cc1ccc2[nH]cc(C=S)c2c1. The first-order valence-corrected chi connectivity index (χ1v) is 4.31. The lowest BCUT2D eigenvalue weighted by Crippen LogP contribution is -1.75. The van der Waals surface area contributed by atoms with Gasteiger partial charge < -0.3 is 4.98 Å². The van der Waals surface area contributed by atoms with Crippen LogP contribution in [0.4, 0.5) is 0 Å². The Morgan fingerprint density at radius 2 is 2.25 bits per heavy atom. The van der Waals surface area contributed by atoms with Crippen LogP contribution in [-0.2, 0) is 0 Å². The van der Waals surface area contributed by atoms with E-state index in [1.165, 1.54) is 10.9 Å². The average Bonchev–Trinajstić information content (AvgIpc) is 2.46. The molecule has 1 nitrogen and oxygen atoms in total. The number of rotatable bonds is 1. The van der Waals surface area contributed by atoms with Crippen molar-refractivity contribution in [3.05, 3.63) is 35.5 Å². The predicted molar refractivity (Wildman–Crippen MR) is 55.8 cm³/mol. The third kappa shape index (κ3) is 1.04. The molecule has 1 aromatic carbocycles. The summed E-state index contributed by atoms with van der Waals surface area (Å²) >= 11 is 4.90. The van der Waals surface area contributed by atoms with Crippen LogP contribution >= 0.6 is 12.2 Å². The van der Waals surface area contributed by atoms with Gasteiger partial charge in [-0.2, -0.15) is 0 Å². The van der Waals surface area contributed by atoms with E-state index in [0.29, 0.717) is 0 Å². The molecule has 1 N–H and O–H groups in total. The molecule has 0 radical (unpaired) electrons. The molecule has 0 aliphatic heterocycles. The van der Waals surface area contributed by atoms with Crippen molar-refractivity contribution in [3.8, 4) is 0 Å². The van der Waals surface area contributed by atoms with Gasteiger partial charge in [0.2, 0.25) is 0 Å². The lowest BCUT2D eigenvalue weighted by molar-refractivity contribution is 1.46. The first kappa shape index (κ1) is 7.50. The predicted octanol–water partition coefficient (Wildman–Crippen LogP) is 2.82. The largest absolute Gasteiger partial charge is 0.361 e. The fourth-order valence-electron chi connectivity index (χ4n) is 1.35. The topological polar surface area (TPSA) is 15.8 Å². The van der Waals surface area contributed by atoms with Crippen molar-refractivity contribution < 1.29 is 0 Å². The fraction of sp³-hybridized carbons (Fsp3) is 0.100. The number of thiocarbonyl (C=S) groups is 1. The molecule has 0 saturated heterocycles. The molecule has 12 heavy (non-hydrogen) atoms. The third-order valence-electron chi connectivity index (χ3n) is 2.00. The van der Waals surface area contributed by atoms with Crippen LogP contribution < -0.4 is 0 Å². The summed E-state index contributed by atoms with van der Waals surface area (Å²) < 4.78 is 0. The molecule has 0 bridgehead atoms. The van der Waals surface area contributed by atoms with Gasteiger partial charge in [0, 0.05) is 28.0 Å². The molecule has 0 atom stereocenters. The number of aromatic nitrogens is 1. The highest BCUT2D eigenvalue weighted by atomic mass is 32.1. The monoisotopic (exact) mass is 175 g/mol. The molecule has 0 fully saturated rings. The van der Waals surface area contributed by atoms with Gasteiger partial charge >= 0.3 is 0 Å². The van der Waals surface area contributed by atoms with Gasteiger partial charge in [-0.15, -0.1) is 0 Å². The molecule has 0 aliphatic carbocycles. The first-order valence-electron chi connectivity index (χ1n) is 3.84. The number of fused-ring (bicyclic) bond motifs is 1. The Balaban J connectivity index is 2.83. The van der Waals surface area contributed by atoms with Gasteiger partial charge in [0.25, 0.3) is 0 Å². The van der Waals surface area contributed by atoms with Crippen molar-refractivity contribution in [2.45, 2.75) is 6.92 Å². The Morgan fingerprint density at radius 1 is 1.42 bits per heavy atom. The smallest absolute Gasteiger partial charge is 0.0460 e. The zero-order valence-corrected chi connectivity index (χ0v) is 7.61. The van der Waals surface area contributed by atoms with Gasteiger partial charge in [0.1, 0.15) is 0 Å². The van der Waals surface area contributed by atoms with Gasteiger partial charge in [-0.25, -0.2) is 0 Å². The summed E-state index contributed by atoms with van der Waals surface area (Å²) in [6, 6.07) is 6.31. The highest BCUT2D eigenvalue weighted by Gasteiger charge is 1.99. The van der Waals surface area contributed by atoms with Gasteiger partial charge in [-0.1, -0.05) is 23.8 Å². The number of aromatic amines is 1. The Kier molecular flexibility index (Phi) is 1.70. The summed E-state index contributed by atoms with van der Waals surface area (Å²) in [5, 5.41) is 2.92. The quantitative estimate of drug-likeness (QED) is 0.659. The van der Waals surface area contributed by atoms with Crippen molar-refractivity contribution >= 4 is 28.5 Å². The highest BCUT2D eigenvalue weighted by molar-refractivity contribution is 7.79. The van der Waals surface area contributed by atoms with Crippen LogP contribution in [0.5, 0.6) is 0 Å². The summed E-state index contributed by atoms with van der Waals surface area (Å²) in [4.78, 5) is 3.17. The van der Waals surface area contributed by atoms with Gasteiger partial charge in [-0.05, 0) is 19.1 Å². The summed E-state index contributed by atoms with van der Waals surface area (Å²) in [7, 11) is 0. The van der Waals surface area contributed by atoms with Crippen LogP contribution in [0.25, 0.3) is 10.9 Å². The van der Waals surface area contributed by atoms with Gasteiger partial charge in [0.15, 0.2) is 0 Å². The molecule has 0 spiro atoms. The number of hydrogen-bond donors (Lipinski definition) is 1. The zero-order chi connectivity index (χ0) is 8.55. The van der Waals surface area contributed by atoms with Crippen LogP contribution in [0.2, 0.25) is 0 Å². The van der Waals surface area contributed by atoms with Gasteiger partial charge in [0.05, 0.1) is 0 Å². The van der Waals surface area contributed by atoms with Crippen LogP contribution in [-0.4, -0.2) is 10.4 Å². The number of benzene rings is 1. The van der Waals surface area contributed by atoms with Crippen molar-refractivity contribution in [2.75, 3.05) is 0 Å². The normalized spacial score (nSPS) is 10.4. The summed E-state index contributed by atoms with van der Waals surface area (Å²) in [6.45, 7) is 2.08. The molecular formula is C10H9NS. The van der Waals surface area contributed by atoms with E-state index >= 15 is 0 Å². The average molecular weight is 175 g/mol. The van der Waals surface area contributed by atoms with Crippen LogP contribution in [0, 0.1) is 6.92 Å². The molecule has 60 valence electrons. The van der Waals surface area contributed by atoms with Crippen LogP contribution in [0.15, 0.2) is 24.4 Å². The minimum Gasteiger partial charge on any atom is -0.361 e. The number of hydrogen-bond acceptors (Lipinski definition) is 1. The van der Waals surface area contributed by atoms with Crippen molar-refractivity contribution in [1.29, 1.82) is 0 Å². The van der Waals surface area contributed by atoms with E-state index in [-0.39, 0.29) is 0 Å². The minimum absolute atomic E-state index is 1.10. The van der Waals surface area contributed by atoms with E-state index in [9.17, 15) is 0 Å². The Labute approximate surface area is 76.4 Å². The molecule has 2 aromatic rings. The van der Waals surface area contributed by atoms with E-state index in [0.717, 1.165) is 11.1 Å². The number of H-pyrrole nitrogens is 1. The van der Waals surface area contributed by atoms with E-state index < -0.39 is 0 Å². The molecule has 1 aromatic heterocycles.